The maximum atomic E-state index is 11.6. The Kier molecular flexibility index (Phi) is 4.53. The van der Waals surface area contributed by atoms with Crippen molar-refractivity contribution >= 4 is 24.4 Å². The first-order valence-corrected chi connectivity index (χ1v) is 8.80. The molecule has 0 saturated carbocycles. The minimum Gasteiger partial charge on any atom is -0.399 e. The number of amides is 1. The summed E-state index contributed by atoms with van der Waals surface area (Å²) in [6.07, 6.45) is 3.54. The predicted molar refractivity (Wildman–Crippen MR) is 96.8 cm³/mol. The molecule has 0 N–H and O–H groups in total. The van der Waals surface area contributed by atoms with Crippen LogP contribution in [0.4, 0.5) is 5.95 Å². The van der Waals surface area contributed by atoms with Crippen LogP contribution >= 0.6 is 0 Å². The molecule has 3 rings (SSSR count). The van der Waals surface area contributed by atoms with E-state index >= 15 is 0 Å². The number of hydrogen-bond donors (Lipinski definition) is 0. The van der Waals surface area contributed by atoms with Crippen molar-refractivity contribution in [1.82, 2.24) is 14.9 Å². The maximum Gasteiger partial charge on any atom is 0.498 e. The highest BCUT2D eigenvalue weighted by molar-refractivity contribution is 6.61. The van der Waals surface area contributed by atoms with E-state index in [4.69, 9.17) is 9.31 Å². The number of carbonyl (C=O) groups is 1. The fraction of sp³-hybridized carbons (Fsp3) is 0.706. The monoisotopic (exact) mass is 346 g/mol. The smallest absolute Gasteiger partial charge is 0.399 e. The quantitative estimate of drug-likeness (QED) is 0.739. The molecule has 2 saturated heterocycles. The first kappa shape index (κ1) is 18.1. The third-order valence-electron chi connectivity index (χ3n) is 5.50. The number of hydrogen-bond acceptors (Lipinski definition) is 6. The average molecular weight is 346 g/mol. The molecule has 136 valence electrons. The molecular weight excluding hydrogens is 319 g/mol. The van der Waals surface area contributed by atoms with Gasteiger partial charge >= 0.3 is 7.12 Å². The van der Waals surface area contributed by atoms with Crippen LogP contribution in [0.25, 0.3) is 0 Å². The second kappa shape index (κ2) is 6.25. The summed E-state index contributed by atoms with van der Waals surface area (Å²) >= 11 is 0. The number of nitrogens with zero attached hydrogens (tertiary/aromatic N) is 4. The summed E-state index contributed by atoms with van der Waals surface area (Å²) in [5.74, 6) is 0.791. The highest BCUT2D eigenvalue weighted by Crippen LogP contribution is 2.36. The lowest BCUT2D eigenvalue weighted by Crippen LogP contribution is -2.54. The van der Waals surface area contributed by atoms with Crippen LogP contribution in [0.5, 0.6) is 0 Å². The maximum absolute atomic E-state index is 11.6. The molecule has 25 heavy (non-hydrogen) atoms. The lowest BCUT2D eigenvalue weighted by Gasteiger charge is -2.39. The zero-order valence-corrected chi connectivity index (χ0v) is 15.9. The Morgan fingerprint density at radius 3 is 2.20 bits per heavy atom. The van der Waals surface area contributed by atoms with E-state index in [1.807, 2.05) is 39.5 Å². The van der Waals surface area contributed by atoms with Gasteiger partial charge in [0.2, 0.25) is 11.9 Å². The molecule has 2 aliphatic rings. The van der Waals surface area contributed by atoms with E-state index < -0.39 is 7.12 Å². The van der Waals surface area contributed by atoms with Gasteiger partial charge in [0.1, 0.15) is 0 Å². The lowest BCUT2D eigenvalue weighted by molar-refractivity contribution is -0.131. The minimum atomic E-state index is -0.451. The second-order valence-electron chi connectivity index (χ2n) is 7.91. The number of aromatic nitrogens is 2. The van der Waals surface area contributed by atoms with Crippen LogP contribution in [0.2, 0.25) is 0 Å². The molecule has 1 aromatic rings. The molecule has 1 atom stereocenters. The highest BCUT2D eigenvalue weighted by atomic mass is 16.7. The second-order valence-corrected chi connectivity index (χ2v) is 7.91. The zero-order valence-electron chi connectivity index (χ0n) is 15.9. The van der Waals surface area contributed by atoms with E-state index in [0.717, 1.165) is 18.6 Å². The van der Waals surface area contributed by atoms with Gasteiger partial charge in [-0.15, -0.1) is 0 Å². The van der Waals surface area contributed by atoms with Crippen LogP contribution in [0.15, 0.2) is 12.4 Å². The summed E-state index contributed by atoms with van der Waals surface area (Å²) in [6.45, 7) is 13.9. The van der Waals surface area contributed by atoms with Crippen LogP contribution < -0.4 is 10.4 Å². The molecule has 0 aliphatic carbocycles. The molecule has 2 fully saturated rings. The van der Waals surface area contributed by atoms with Crippen LogP contribution in [0, 0.1) is 0 Å². The van der Waals surface area contributed by atoms with Gasteiger partial charge in [-0.05, 0) is 34.6 Å². The molecule has 0 bridgehead atoms. The molecule has 0 spiro atoms. The van der Waals surface area contributed by atoms with Gasteiger partial charge < -0.3 is 19.1 Å². The molecule has 8 heteroatoms. The van der Waals surface area contributed by atoms with E-state index in [1.165, 1.54) is 0 Å². The van der Waals surface area contributed by atoms with E-state index in [0.29, 0.717) is 12.5 Å². The highest BCUT2D eigenvalue weighted by Gasteiger charge is 2.52. The van der Waals surface area contributed by atoms with Gasteiger partial charge in [0, 0.05) is 50.5 Å². The average Bonchev–Trinajstić information content (AvgIpc) is 2.75. The van der Waals surface area contributed by atoms with E-state index in [-0.39, 0.29) is 23.2 Å². The molecule has 0 aromatic carbocycles. The zero-order chi connectivity index (χ0) is 18.4. The summed E-state index contributed by atoms with van der Waals surface area (Å²) < 4.78 is 12.1. The minimum absolute atomic E-state index is 0.115. The predicted octanol–water partition coefficient (Wildman–Crippen LogP) is 0.833. The molecule has 1 amide bonds. The van der Waals surface area contributed by atoms with E-state index in [1.54, 1.807) is 19.3 Å². The van der Waals surface area contributed by atoms with Gasteiger partial charge in [0.25, 0.3) is 0 Å². The summed E-state index contributed by atoms with van der Waals surface area (Å²) in [5, 5.41) is 0. The third-order valence-corrected chi connectivity index (χ3v) is 5.50. The van der Waals surface area contributed by atoms with Gasteiger partial charge in [0.15, 0.2) is 0 Å². The fourth-order valence-corrected chi connectivity index (χ4v) is 3.20. The molecule has 1 aromatic heterocycles. The van der Waals surface area contributed by atoms with Crippen LogP contribution in [0.3, 0.4) is 0 Å². The van der Waals surface area contributed by atoms with Crippen molar-refractivity contribution in [2.75, 3.05) is 24.5 Å². The standard InChI is InChI=1S/C17H27BN4O3/c1-12-11-21(7-8-22(12)13(2)23)15-19-9-14(10-20-15)18-24-16(3,4)17(5,6)25-18/h9-10,12H,7-8,11H2,1-6H3. The fourth-order valence-electron chi connectivity index (χ4n) is 3.20. The van der Waals surface area contributed by atoms with E-state index in [9.17, 15) is 4.79 Å². The van der Waals surface area contributed by atoms with Crippen LogP contribution in [-0.4, -0.2) is 64.8 Å². The molecule has 3 heterocycles. The van der Waals surface area contributed by atoms with Crippen molar-refractivity contribution < 1.29 is 14.1 Å². The topological polar surface area (TPSA) is 67.8 Å². The van der Waals surface area contributed by atoms with Gasteiger partial charge in [-0.3, -0.25) is 4.79 Å². The first-order valence-electron chi connectivity index (χ1n) is 8.80. The normalized spacial score (nSPS) is 25.4. The summed E-state index contributed by atoms with van der Waals surface area (Å²) in [4.78, 5) is 24.6. The Bertz CT molecular complexity index is 634. The Morgan fingerprint density at radius 1 is 1.16 bits per heavy atom. The van der Waals surface area contributed by atoms with Gasteiger partial charge in [0.05, 0.1) is 11.2 Å². The molecule has 0 radical (unpaired) electrons. The van der Waals surface area contributed by atoms with Crippen molar-refractivity contribution in [2.24, 2.45) is 0 Å². The van der Waals surface area contributed by atoms with Crippen LogP contribution in [-0.2, 0) is 14.1 Å². The number of piperazine rings is 1. The number of rotatable bonds is 2. The number of anilines is 1. The Hall–Kier alpha value is -1.67. The van der Waals surface area contributed by atoms with E-state index in [2.05, 4.69) is 14.9 Å². The molecule has 7 nitrogen and oxygen atoms in total. The Labute approximate surface area is 149 Å². The number of carbonyl (C=O) groups excluding carboxylic acids is 1. The van der Waals surface area contributed by atoms with Gasteiger partial charge in [-0.1, -0.05) is 0 Å². The van der Waals surface area contributed by atoms with Gasteiger partial charge in [-0.2, -0.15) is 0 Å². The summed E-state index contributed by atoms with van der Waals surface area (Å²) in [5.41, 5.74) is 0.0571. The van der Waals surface area contributed by atoms with Crippen molar-refractivity contribution in [3.63, 3.8) is 0 Å². The Balaban J connectivity index is 1.69. The van der Waals surface area contributed by atoms with Crippen molar-refractivity contribution in [3.05, 3.63) is 12.4 Å². The third kappa shape index (κ3) is 3.37. The lowest BCUT2D eigenvalue weighted by atomic mass is 9.81. The van der Waals surface area contributed by atoms with Crippen molar-refractivity contribution in [1.29, 1.82) is 0 Å². The largest absolute Gasteiger partial charge is 0.498 e. The summed E-state index contributed by atoms with van der Waals surface area (Å²) in [7, 11) is -0.451. The van der Waals surface area contributed by atoms with Gasteiger partial charge in [-0.25, -0.2) is 9.97 Å². The molecular formula is C17H27BN4O3. The first-order chi connectivity index (χ1) is 11.6. The Morgan fingerprint density at radius 2 is 1.72 bits per heavy atom. The molecule has 2 aliphatic heterocycles. The van der Waals surface area contributed by atoms with Crippen molar-refractivity contribution in [3.8, 4) is 0 Å². The summed E-state index contributed by atoms with van der Waals surface area (Å²) in [6, 6.07) is 0.151. The van der Waals surface area contributed by atoms with Crippen LogP contribution in [0.1, 0.15) is 41.5 Å². The van der Waals surface area contributed by atoms with Crippen molar-refractivity contribution in [2.45, 2.75) is 58.8 Å². The SMILES string of the molecule is CC(=O)N1CCN(c2ncc(B3OC(C)(C)C(C)(C)O3)cn2)CC1C. The molecule has 1 unspecified atom stereocenters.